The van der Waals surface area contributed by atoms with Crippen molar-refractivity contribution in [1.82, 2.24) is 15.2 Å². The summed E-state index contributed by atoms with van der Waals surface area (Å²) in [6, 6.07) is 4.24. The van der Waals surface area contributed by atoms with Gasteiger partial charge in [-0.1, -0.05) is 0 Å². The molecule has 4 heterocycles. The molecule has 110 valence electrons. The topological polar surface area (TPSA) is 45.2 Å². The third kappa shape index (κ3) is 2.52. The van der Waals surface area contributed by atoms with E-state index >= 15 is 0 Å². The smallest absolute Gasteiger partial charge is 0.261 e. The van der Waals surface area contributed by atoms with E-state index in [0.717, 1.165) is 33.5 Å². The van der Waals surface area contributed by atoms with Crippen molar-refractivity contribution >= 4 is 28.6 Å². The van der Waals surface area contributed by atoms with Gasteiger partial charge in [0.1, 0.15) is 0 Å². The summed E-state index contributed by atoms with van der Waals surface area (Å²) >= 11 is 3.17. The summed E-state index contributed by atoms with van der Waals surface area (Å²) in [4.78, 5) is 21.2. The molecular weight excluding hydrogens is 302 g/mol. The van der Waals surface area contributed by atoms with Crippen LogP contribution in [0.1, 0.15) is 21.1 Å². The molecule has 1 amide bonds. The van der Waals surface area contributed by atoms with Gasteiger partial charge >= 0.3 is 0 Å². The van der Waals surface area contributed by atoms with Gasteiger partial charge < -0.3 is 10.2 Å². The van der Waals surface area contributed by atoms with E-state index in [4.69, 9.17) is 0 Å². The minimum atomic E-state index is 0.0666. The molecule has 0 aromatic carbocycles. The fraction of sp³-hybridized carbons (Fsp3) is 0.467. The van der Waals surface area contributed by atoms with Crippen molar-refractivity contribution in [2.24, 2.45) is 5.92 Å². The van der Waals surface area contributed by atoms with Crippen molar-refractivity contribution in [3.8, 4) is 10.6 Å². The Balaban J connectivity index is 1.46. The molecule has 2 aromatic rings. The molecule has 0 radical (unpaired) electrons. The van der Waals surface area contributed by atoms with Crippen LogP contribution in [0.25, 0.3) is 10.6 Å². The van der Waals surface area contributed by atoms with Gasteiger partial charge in [0.05, 0.1) is 20.5 Å². The number of amides is 1. The summed E-state index contributed by atoms with van der Waals surface area (Å²) in [5.74, 6) is 0.714. The molecular formula is C15H17N3OS2. The second kappa shape index (κ2) is 5.19. The van der Waals surface area contributed by atoms with Crippen LogP contribution in [0.3, 0.4) is 0 Å². The van der Waals surface area contributed by atoms with Crippen LogP contribution < -0.4 is 5.32 Å². The largest absolute Gasteiger partial charge is 0.347 e. The van der Waals surface area contributed by atoms with Crippen LogP contribution in [0.2, 0.25) is 0 Å². The highest BCUT2D eigenvalue weighted by Crippen LogP contribution is 2.30. The number of nitrogens with one attached hydrogen (secondary N) is 1. The van der Waals surface area contributed by atoms with Gasteiger partial charge in [0, 0.05) is 24.5 Å². The summed E-state index contributed by atoms with van der Waals surface area (Å²) in [5.41, 5.74) is 0.979. The highest BCUT2D eigenvalue weighted by atomic mass is 32.1. The number of thiophene rings is 1. The lowest BCUT2D eigenvalue weighted by molar-refractivity contribution is 0.0928. The third-order valence-corrected chi connectivity index (χ3v) is 6.23. The van der Waals surface area contributed by atoms with Crippen LogP contribution in [0.4, 0.5) is 0 Å². The maximum absolute atomic E-state index is 12.4. The summed E-state index contributed by atoms with van der Waals surface area (Å²) in [6.07, 6.45) is 1.22. The zero-order valence-corrected chi connectivity index (χ0v) is 13.5. The van der Waals surface area contributed by atoms with Crippen LogP contribution in [0, 0.1) is 12.8 Å². The lowest BCUT2D eigenvalue weighted by Crippen LogP contribution is -2.42. The van der Waals surface area contributed by atoms with Gasteiger partial charge in [-0.25, -0.2) is 4.98 Å². The van der Waals surface area contributed by atoms with Gasteiger partial charge in [-0.05, 0) is 37.9 Å². The molecule has 2 fully saturated rings. The molecule has 2 unspecified atom stereocenters. The summed E-state index contributed by atoms with van der Waals surface area (Å²) in [5, 5.41) is 6.31. The van der Waals surface area contributed by atoms with Gasteiger partial charge in [-0.15, -0.1) is 22.7 Å². The number of rotatable bonds is 3. The lowest BCUT2D eigenvalue weighted by Gasteiger charge is -2.22. The van der Waals surface area contributed by atoms with Crippen LogP contribution in [-0.2, 0) is 0 Å². The number of hydrogen-bond acceptors (Lipinski definition) is 5. The first kappa shape index (κ1) is 13.4. The number of piperidine rings is 1. The Labute approximate surface area is 131 Å². The first-order valence-electron chi connectivity index (χ1n) is 7.24. The van der Waals surface area contributed by atoms with E-state index < -0.39 is 0 Å². The number of fused-ring (bicyclic) bond motifs is 2. The number of nitrogens with zero attached hydrogens (tertiary/aromatic N) is 2. The summed E-state index contributed by atoms with van der Waals surface area (Å²) in [7, 11) is 0. The van der Waals surface area contributed by atoms with E-state index in [2.05, 4.69) is 15.2 Å². The zero-order chi connectivity index (χ0) is 14.4. The average molecular weight is 319 g/mol. The first-order chi connectivity index (χ1) is 10.2. The molecule has 0 aliphatic carbocycles. The molecule has 2 saturated heterocycles. The Hall–Kier alpha value is -1.24. The van der Waals surface area contributed by atoms with Gasteiger partial charge in [0.15, 0.2) is 0 Å². The summed E-state index contributed by atoms with van der Waals surface area (Å²) < 4.78 is 0. The van der Waals surface area contributed by atoms with Gasteiger partial charge in [0.25, 0.3) is 5.91 Å². The van der Waals surface area contributed by atoms with Crippen LogP contribution in [0.15, 0.2) is 17.5 Å². The van der Waals surface area contributed by atoms with E-state index in [9.17, 15) is 4.79 Å². The minimum Gasteiger partial charge on any atom is -0.347 e. The van der Waals surface area contributed by atoms with Crippen molar-refractivity contribution in [2.45, 2.75) is 19.4 Å². The Morgan fingerprint density at radius 3 is 3.00 bits per heavy atom. The SMILES string of the molecule is Cc1nc(-c2ccc(C(=O)NC3CN4CC[C@H]3C4)s2)cs1. The number of hydrogen-bond donors (Lipinski definition) is 1. The highest BCUT2D eigenvalue weighted by molar-refractivity contribution is 7.17. The molecule has 4 nitrogen and oxygen atoms in total. The number of aryl methyl sites for hydroxylation is 1. The highest BCUT2D eigenvalue weighted by Gasteiger charge is 2.38. The molecule has 2 aliphatic heterocycles. The Bertz CT molecular complexity index is 678. The van der Waals surface area contributed by atoms with Crippen LogP contribution in [-0.4, -0.2) is 41.5 Å². The number of thiazole rings is 1. The predicted octanol–water partition coefficient (Wildman–Crippen LogP) is 2.61. The molecule has 2 bridgehead atoms. The third-order valence-electron chi connectivity index (χ3n) is 4.35. The normalized spacial score (nSPS) is 27.2. The number of aromatic nitrogens is 1. The fourth-order valence-electron chi connectivity index (χ4n) is 3.26. The van der Waals surface area contributed by atoms with Gasteiger partial charge in [0.2, 0.25) is 0 Å². The monoisotopic (exact) mass is 319 g/mol. The second-order valence-electron chi connectivity index (χ2n) is 5.80. The molecule has 6 heteroatoms. The van der Waals surface area contributed by atoms with E-state index in [1.165, 1.54) is 24.3 Å². The van der Waals surface area contributed by atoms with Gasteiger partial charge in [-0.3, -0.25) is 4.79 Å². The van der Waals surface area contributed by atoms with E-state index in [-0.39, 0.29) is 5.91 Å². The predicted molar refractivity (Wildman–Crippen MR) is 86.0 cm³/mol. The zero-order valence-electron chi connectivity index (χ0n) is 11.8. The Morgan fingerprint density at radius 1 is 1.43 bits per heavy atom. The average Bonchev–Trinajstić information content (AvgIpc) is 3.22. The molecule has 2 aliphatic rings. The maximum Gasteiger partial charge on any atom is 0.261 e. The molecule has 1 N–H and O–H groups in total. The van der Waals surface area contributed by atoms with E-state index in [1.807, 2.05) is 24.4 Å². The number of carbonyl (C=O) groups excluding carboxylic acids is 1. The van der Waals surface area contributed by atoms with Crippen molar-refractivity contribution in [3.63, 3.8) is 0 Å². The van der Waals surface area contributed by atoms with Crippen LogP contribution in [0.5, 0.6) is 0 Å². The first-order valence-corrected chi connectivity index (χ1v) is 8.94. The second-order valence-corrected chi connectivity index (χ2v) is 7.95. The van der Waals surface area contributed by atoms with E-state index in [1.54, 1.807) is 11.3 Å². The number of carbonyl (C=O) groups is 1. The standard InChI is InChI=1S/C15H17N3OS2/c1-9-16-12(8-20-9)13-2-3-14(21-13)15(19)17-11-7-18-5-4-10(11)6-18/h2-3,8,10-11H,4-7H2,1H3,(H,17,19)/t10-,11?/m0/s1. The van der Waals surface area contributed by atoms with Crippen molar-refractivity contribution < 1.29 is 4.79 Å². The van der Waals surface area contributed by atoms with E-state index in [0.29, 0.717) is 12.0 Å². The molecule has 2 aromatic heterocycles. The van der Waals surface area contributed by atoms with Crippen LogP contribution >= 0.6 is 22.7 Å². The van der Waals surface area contributed by atoms with Crippen molar-refractivity contribution in [2.75, 3.05) is 19.6 Å². The Morgan fingerprint density at radius 2 is 2.33 bits per heavy atom. The van der Waals surface area contributed by atoms with Crippen molar-refractivity contribution in [3.05, 3.63) is 27.4 Å². The molecule has 0 saturated carbocycles. The molecule has 4 rings (SSSR count). The van der Waals surface area contributed by atoms with Crippen molar-refractivity contribution in [1.29, 1.82) is 0 Å². The maximum atomic E-state index is 12.4. The molecule has 3 atom stereocenters. The quantitative estimate of drug-likeness (QED) is 0.946. The Kier molecular flexibility index (Phi) is 3.32. The molecule has 21 heavy (non-hydrogen) atoms. The minimum absolute atomic E-state index is 0.0666. The lowest BCUT2D eigenvalue weighted by atomic mass is 10.00. The fourth-order valence-corrected chi connectivity index (χ4v) is 4.82. The summed E-state index contributed by atoms with van der Waals surface area (Å²) in [6.45, 7) is 5.36. The van der Waals surface area contributed by atoms with Gasteiger partial charge in [-0.2, -0.15) is 0 Å². The molecule has 0 spiro atoms.